The zero-order valence-corrected chi connectivity index (χ0v) is 16.0. The van der Waals surface area contributed by atoms with Crippen molar-refractivity contribution in [3.63, 3.8) is 0 Å². The number of halogens is 1. The lowest BCUT2D eigenvalue weighted by molar-refractivity contribution is -0.144. The molecule has 3 fully saturated rings. The first kappa shape index (κ1) is 18.5. The highest BCUT2D eigenvalue weighted by atomic mass is 19.1. The van der Waals surface area contributed by atoms with E-state index < -0.39 is 0 Å². The summed E-state index contributed by atoms with van der Waals surface area (Å²) in [7, 11) is 0. The second kappa shape index (κ2) is 7.61. The van der Waals surface area contributed by atoms with E-state index >= 15 is 0 Å². The predicted octanol–water partition coefficient (Wildman–Crippen LogP) is 3.54. The first-order valence-corrected chi connectivity index (χ1v) is 10.4. The molecule has 0 radical (unpaired) electrons. The molecule has 5 heteroatoms. The maximum Gasteiger partial charge on any atom is 0.226 e. The van der Waals surface area contributed by atoms with E-state index in [4.69, 9.17) is 0 Å². The van der Waals surface area contributed by atoms with Crippen molar-refractivity contribution in [2.45, 2.75) is 63.8 Å². The Labute approximate surface area is 160 Å². The summed E-state index contributed by atoms with van der Waals surface area (Å²) >= 11 is 0. The van der Waals surface area contributed by atoms with E-state index in [1.54, 1.807) is 12.1 Å². The highest BCUT2D eigenvalue weighted by Gasteiger charge is 2.43. The predicted molar refractivity (Wildman–Crippen MR) is 102 cm³/mol. The van der Waals surface area contributed by atoms with Crippen LogP contribution in [0.25, 0.3) is 0 Å². The van der Waals surface area contributed by atoms with Gasteiger partial charge in [-0.25, -0.2) is 4.39 Å². The molecule has 0 unspecified atom stereocenters. The van der Waals surface area contributed by atoms with E-state index in [9.17, 15) is 14.0 Å². The average Bonchev–Trinajstić information content (AvgIpc) is 3.21. The zero-order chi connectivity index (χ0) is 18.9. The molecule has 4 rings (SSSR count). The van der Waals surface area contributed by atoms with Crippen LogP contribution in [-0.2, 0) is 16.0 Å². The number of rotatable bonds is 3. The fourth-order valence-corrected chi connectivity index (χ4v) is 5.12. The number of amides is 2. The monoisotopic (exact) mass is 372 g/mol. The zero-order valence-electron chi connectivity index (χ0n) is 16.0. The minimum atomic E-state index is -0.273. The summed E-state index contributed by atoms with van der Waals surface area (Å²) < 4.78 is 13.0. The van der Waals surface area contributed by atoms with Crippen LogP contribution < -0.4 is 0 Å². The average molecular weight is 372 g/mol. The first-order chi connectivity index (χ1) is 13.0. The van der Waals surface area contributed by atoms with Gasteiger partial charge in [-0.2, -0.15) is 0 Å². The molecule has 27 heavy (non-hydrogen) atoms. The van der Waals surface area contributed by atoms with Crippen molar-refractivity contribution in [1.29, 1.82) is 0 Å². The highest BCUT2D eigenvalue weighted by Crippen LogP contribution is 2.42. The van der Waals surface area contributed by atoms with Gasteiger partial charge in [0.1, 0.15) is 5.82 Å². The standard InChI is InChI=1S/C22H29FN2O2/c23-18-7-5-17(6-8-18)15-21(27)24-13-11-22(12-14-24)10-9-20(26)25(16-22)19-3-1-2-4-19/h5-8,19H,1-4,9-16H2. The van der Waals surface area contributed by atoms with Gasteiger partial charge in [0.15, 0.2) is 0 Å². The van der Waals surface area contributed by atoms with Crippen LogP contribution in [-0.4, -0.2) is 47.3 Å². The largest absolute Gasteiger partial charge is 0.342 e. The maximum atomic E-state index is 13.0. The molecule has 0 bridgehead atoms. The Hall–Kier alpha value is -1.91. The molecule has 2 amide bonds. The molecule has 4 nitrogen and oxygen atoms in total. The SMILES string of the molecule is O=C(Cc1ccc(F)cc1)N1CCC2(CCC(=O)N(C3CCCC3)C2)CC1. The van der Waals surface area contributed by atoms with E-state index in [2.05, 4.69) is 4.90 Å². The van der Waals surface area contributed by atoms with Crippen molar-refractivity contribution < 1.29 is 14.0 Å². The highest BCUT2D eigenvalue weighted by molar-refractivity contribution is 5.79. The van der Waals surface area contributed by atoms with Crippen molar-refractivity contribution in [2.24, 2.45) is 5.41 Å². The molecule has 146 valence electrons. The van der Waals surface area contributed by atoms with Crippen LogP contribution in [0.1, 0.15) is 56.9 Å². The Balaban J connectivity index is 1.34. The minimum absolute atomic E-state index is 0.121. The summed E-state index contributed by atoms with van der Waals surface area (Å²) in [6, 6.07) is 6.64. The van der Waals surface area contributed by atoms with E-state index in [1.807, 2.05) is 4.90 Å². The normalized spacial score (nSPS) is 23.2. The molecule has 0 N–H and O–H groups in total. The van der Waals surface area contributed by atoms with Crippen LogP contribution in [0.15, 0.2) is 24.3 Å². The molecule has 0 aromatic heterocycles. The topological polar surface area (TPSA) is 40.6 Å². The van der Waals surface area contributed by atoms with Crippen molar-refractivity contribution in [3.05, 3.63) is 35.6 Å². The molecule has 3 aliphatic rings. The third-order valence-corrected chi connectivity index (χ3v) is 6.91. The van der Waals surface area contributed by atoms with Gasteiger partial charge in [0, 0.05) is 32.1 Å². The van der Waals surface area contributed by atoms with Crippen molar-refractivity contribution in [1.82, 2.24) is 9.80 Å². The van der Waals surface area contributed by atoms with Crippen LogP contribution in [0.5, 0.6) is 0 Å². The minimum Gasteiger partial charge on any atom is -0.342 e. The van der Waals surface area contributed by atoms with Gasteiger partial charge in [0.05, 0.1) is 6.42 Å². The van der Waals surface area contributed by atoms with E-state index in [-0.39, 0.29) is 17.1 Å². The third kappa shape index (κ3) is 4.02. The number of benzene rings is 1. The molecule has 1 saturated carbocycles. The van der Waals surface area contributed by atoms with E-state index in [0.717, 1.165) is 57.3 Å². The molecular weight excluding hydrogens is 343 g/mol. The molecular formula is C22H29FN2O2. The Kier molecular flexibility index (Phi) is 5.20. The van der Waals surface area contributed by atoms with Gasteiger partial charge >= 0.3 is 0 Å². The molecule has 2 saturated heterocycles. The summed E-state index contributed by atoms with van der Waals surface area (Å²) in [5.41, 5.74) is 1.06. The lowest BCUT2D eigenvalue weighted by Crippen LogP contribution is -2.54. The number of hydrogen-bond acceptors (Lipinski definition) is 2. The molecule has 1 spiro atoms. The molecule has 2 aliphatic heterocycles. The molecule has 1 aliphatic carbocycles. The van der Waals surface area contributed by atoms with E-state index in [1.165, 1.54) is 25.0 Å². The summed E-state index contributed by atoms with van der Waals surface area (Å²) in [6.45, 7) is 2.43. The lowest BCUT2D eigenvalue weighted by Gasteiger charge is -2.49. The van der Waals surface area contributed by atoms with Crippen LogP contribution >= 0.6 is 0 Å². The van der Waals surface area contributed by atoms with Crippen LogP contribution in [0.2, 0.25) is 0 Å². The summed E-state index contributed by atoms with van der Waals surface area (Å²) in [4.78, 5) is 29.2. The van der Waals surface area contributed by atoms with Crippen molar-refractivity contribution in [2.75, 3.05) is 19.6 Å². The smallest absolute Gasteiger partial charge is 0.226 e. The molecule has 2 heterocycles. The van der Waals surface area contributed by atoms with Crippen molar-refractivity contribution in [3.8, 4) is 0 Å². The van der Waals surface area contributed by atoms with Crippen LogP contribution in [0.3, 0.4) is 0 Å². The Morgan fingerprint density at radius 2 is 1.74 bits per heavy atom. The van der Waals surface area contributed by atoms with Crippen LogP contribution in [0, 0.1) is 11.2 Å². The first-order valence-electron chi connectivity index (χ1n) is 10.4. The fourth-order valence-electron chi connectivity index (χ4n) is 5.12. The van der Waals surface area contributed by atoms with Crippen molar-refractivity contribution >= 4 is 11.8 Å². The van der Waals surface area contributed by atoms with Crippen LogP contribution in [0.4, 0.5) is 4.39 Å². The Morgan fingerprint density at radius 3 is 2.41 bits per heavy atom. The Bertz CT molecular complexity index is 689. The number of nitrogens with zero attached hydrogens (tertiary/aromatic N) is 2. The van der Waals surface area contributed by atoms with Gasteiger partial charge in [0.2, 0.25) is 11.8 Å². The lowest BCUT2D eigenvalue weighted by atomic mass is 9.72. The second-order valence-corrected chi connectivity index (χ2v) is 8.64. The number of likely N-dealkylation sites (tertiary alicyclic amines) is 2. The Morgan fingerprint density at radius 1 is 1.07 bits per heavy atom. The molecule has 1 aromatic carbocycles. The summed E-state index contributed by atoms with van der Waals surface area (Å²) in [5.74, 6) is 0.183. The summed E-state index contributed by atoms with van der Waals surface area (Å²) in [5, 5.41) is 0. The second-order valence-electron chi connectivity index (χ2n) is 8.64. The number of hydrogen-bond donors (Lipinski definition) is 0. The van der Waals surface area contributed by atoms with Gasteiger partial charge in [0.25, 0.3) is 0 Å². The number of carbonyl (C=O) groups is 2. The van der Waals surface area contributed by atoms with Gasteiger partial charge in [-0.15, -0.1) is 0 Å². The fraction of sp³-hybridized carbons (Fsp3) is 0.636. The van der Waals surface area contributed by atoms with Gasteiger partial charge < -0.3 is 9.80 Å². The van der Waals surface area contributed by atoms with E-state index in [0.29, 0.717) is 24.8 Å². The quantitative estimate of drug-likeness (QED) is 0.814. The van der Waals surface area contributed by atoms with Gasteiger partial charge in [-0.1, -0.05) is 25.0 Å². The molecule has 1 aromatic rings. The summed E-state index contributed by atoms with van der Waals surface area (Å²) in [6.07, 6.45) is 8.74. The van der Waals surface area contributed by atoms with Gasteiger partial charge in [-0.05, 0) is 55.2 Å². The number of carbonyl (C=O) groups excluding carboxylic acids is 2. The number of piperidine rings is 2. The van der Waals surface area contributed by atoms with Gasteiger partial charge in [-0.3, -0.25) is 9.59 Å². The molecule has 0 atom stereocenters. The maximum absolute atomic E-state index is 13.0. The third-order valence-electron chi connectivity index (χ3n) is 6.91.